The maximum atomic E-state index is 16.1. The summed E-state index contributed by atoms with van der Waals surface area (Å²) in [6.45, 7) is 0. The second-order valence-electron chi connectivity index (χ2n) is 17.7. The fourth-order valence-corrected chi connectivity index (χ4v) is 11.7. The predicted octanol–water partition coefficient (Wildman–Crippen LogP) is 15.9. The molecule has 0 aliphatic carbocycles. The summed E-state index contributed by atoms with van der Waals surface area (Å²) in [7, 11) is 0. The first-order valence-electron chi connectivity index (χ1n) is 22.6. The van der Waals surface area contributed by atoms with Gasteiger partial charge in [0, 0.05) is 59.9 Å². The molecule has 5 aromatic heterocycles. The van der Waals surface area contributed by atoms with E-state index >= 15 is 4.39 Å². The van der Waals surface area contributed by atoms with Crippen molar-refractivity contribution in [1.29, 1.82) is 5.26 Å². The van der Waals surface area contributed by atoms with Gasteiger partial charge in [0.25, 0.3) is 0 Å². The number of nitrogens with zero attached hydrogens (tertiary/aromatic N) is 5. The summed E-state index contributed by atoms with van der Waals surface area (Å²) in [6, 6.07) is 74.4. The molecule has 10 aromatic carbocycles. The van der Waals surface area contributed by atoms with Crippen LogP contribution in [0.25, 0.3) is 131 Å². The number of fused-ring (bicyclic) bond motifs is 21. The Balaban J connectivity index is 1.20. The number of aromatic nitrogens is 4. The van der Waals surface area contributed by atoms with Gasteiger partial charge in [0.05, 0.1) is 55.3 Å². The first-order valence-corrected chi connectivity index (χ1v) is 22.6. The van der Waals surface area contributed by atoms with Gasteiger partial charge < -0.3 is 18.1 Å². The molecule has 4 bridgehead atoms. The van der Waals surface area contributed by atoms with Crippen LogP contribution in [-0.4, -0.2) is 18.1 Å². The van der Waals surface area contributed by atoms with Gasteiger partial charge in [-0.1, -0.05) is 121 Å². The molecular formula is C61H34FN5. The standard InChI is InChI=1S/C61H34FN5/c62-39-32-37-31-38(33-39)42-25-28-53(66-50-20-10-7-17-43(50)45-26-29-54-57(60(45)66)47-18-8-11-21-51(47)64(54)40-13-3-1-4-14-40)49(35-63)59(42)67-56-34-36(37)23-24-44(56)46-27-30-55-58(61(46)67)48-19-9-12-22-52(48)65(55)41-15-5-2-6-16-41/h1-34H. The maximum Gasteiger partial charge on any atom is 0.124 e. The molecule has 15 rings (SSSR count). The van der Waals surface area contributed by atoms with Gasteiger partial charge in [-0.3, -0.25) is 0 Å². The van der Waals surface area contributed by atoms with E-state index < -0.39 is 0 Å². The van der Waals surface area contributed by atoms with Crippen molar-refractivity contribution in [2.45, 2.75) is 0 Å². The SMILES string of the molecule is N#Cc1c(-n2c3ccccc3c3ccc4c(c5ccccc5n4-c4ccccc4)c32)ccc2c3cc(F)cc(c3)c3ccc4c5ccc6c(c7ccccc7n6-c6ccccc6)c5n(c4c3)c12. The minimum Gasteiger partial charge on any atom is -0.309 e. The van der Waals surface area contributed by atoms with E-state index in [4.69, 9.17) is 0 Å². The van der Waals surface area contributed by atoms with Gasteiger partial charge in [-0.25, -0.2) is 4.39 Å². The molecule has 0 aliphatic rings. The van der Waals surface area contributed by atoms with E-state index in [-0.39, 0.29) is 5.82 Å². The minimum atomic E-state index is -0.328. The molecule has 6 heteroatoms. The molecule has 0 unspecified atom stereocenters. The molecule has 5 nitrogen and oxygen atoms in total. The Morgan fingerprint density at radius 2 is 0.851 bits per heavy atom. The molecule has 67 heavy (non-hydrogen) atoms. The molecule has 15 aromatic rings. The van der Waals surface area contributed by atoms with Gasteiger partial charge in [0.1, 0.15) is 17.4 Å². The zero-order valence-electron chi connectivity index (χ0n) is 35.7. The Labute approximate surface area is 381 Å². The summed E-state index contributed by atoms with van der Waals surface area (Å²) in [5, 5.41) is 24.0. The molecule has 0 saturated carbocycles. The zero-order chi connectivity index (χ0) is 44.1. The lowest BCUT2D eigenvalue weighted by Gasteiger charge is -2.15. The number of rotatable bonds is 3. The van der Waals surface area contributed by atoms with Crippen LogP contribution < -0.4 is 0 Å². The maximum absolute atomic E-state index is 16.1. The average Bonchev–Trinajstić information content (AvgIpc) is 4.11. The van der Waals surface area contributed by atoms with Gasteiger partial charge in [0.2, 0.25) is 0 Å². The van der Waals surface area contributed by atoms with E-state index in [9.17, 15) is 5.26 Å². The van der Waals surface area contributed by atoms with E-state index in [1.807, 2.05) is 12.1 Å². The first kappa shape index (κ1) is 36.2. The molecule has 5 heterocycles. The van der Waals surface area contributed by atoms with Crippen LogP contribution >= 0.6 is 0 Å². The predicted molar refractivity (Wildman–Crippen MR) is 275 cm³/mol. The molecule has 0 spiro atoms. The topological polar surface area (TPSA) is 43.0 Å². The number of hydrogen-bond acceptors (Lipinski definition) is 1. The molecule has 310 valence electrons. The van der Waals surface area contributed by atoms with Crippen molar-refractivity contribution in [3.63, 3.8) is 0 Å². The fourth-order valence-electron chi connectivity index (χ4n) is 11.7. The van der Waals surface area contributed by atoms with Crippen LogP contribution in [0.2, 0.25) is 0 Å². The quantitative estimate of drug-likeness (QED) is 0.175. The lowest BCUT2D eigenvalue weighted by Crippen LogP contribution is -2.01. The van der Waals surface area contributed by atoms with Gasteiger partial charge in [-0.2, -0.15) is 5.26 Å². The molecule has 0 atom stereocenters. The van der Waals surface area contributed by atoms with Gasteiger partial charge in [-0.05, 0) is 101 Å². The lowest BCUT2D eigenvalue weighted by molar-refractivity contribution is 0.631. The second kappa shape index (κ2) is 13.2. The van der Waals surface area contributed by atoms with Gasteiger partial charge in [0.15, 0.2) is 0 Å². The monoisotopic (exact) mass is 855 g/mol. The molecule has 0 amide bonds. The Hall–Kier alpha value is -9.18. The van der Waals surface area contributed by atoms with E-state index in [1.165, 1.54) is 0 Å². The van der Waals surface area contributed by atoms with E-state index in [1.54, 1.807) is 12.1 Å². The van der Waals surface area contributed by atoms with Gasteiger partial charge in [-0.15, -0.1) is 0 Å². The third-order valence-corrected chi connectivity index (χ3v) is 14.3. The highest BCUT2D eigenvalue weighted by molar-refractivity contribution is 6.29. The van der Waals surface area contributed by atoms with Crippen LogP contribution in [0.15, 0.2) is 206 Å². The highest BCUT2D eigenvalue weighted by Crippen LogP contribution is 2.46. The highest BCUT2D eigenvalue weighted by Gasteiger charge is 2.26. The summed E-state index contributed by atoms with van der Waals surface area (Å²) in [5.41, 5.74) is 12.4. The van der Waals surface area contributed by atoms with Gasteiger partial charge >= 0.3 is 0 Å². The van der Waals surface area contributed by atoms with Crippen molar-refractivity contribution >= 4 is 114 Å². The van der Waals surface area contributed by atoms with Crippen molar-refractivity contribution in [1.82, 2.24) is 18.1 Å². The Morgan fingerprint density at radius 3 is 1.49 bits per heavy atom. The van der Waals surface area contributed by atoms with Crippen LogP contribution in [0.4, 0.5) is 4.39 Å². The summed E-state index contributed by atoms with van der Waals surface area (Å²) in [6.07, 6.45) is 0. The van der Waals surface area contributed by atoms with E-state index in [0.29, 0.717) is 16.5 Å². The van der Waals surface area contributed by atoms with E-state index in [0.717, 1.165) is 120 Å². The summed E-state index contributed by atoms with van der Waals surface area (Å²) < 4.78 is 25.4. The summed E-state index contributed by atoms with van der Waals surface area (Å²) >= 11 is 0. The smallest absolute Gasteiger partial charge is 0.124 e. The molecule has 0 saturated heterocycles. The lowest BCUT2D eigenvalue weighted by atomic mass is 10.0. The van der Waals surface area contributed by atoms with E-state index in [2.05, 4.69) is 206 Å². The Morgan fingerprint density at radius 1 is 0.343 bits per heavy atom. The van der Waals surface area contributed by atoms with Crippen molar-refractivity contribution in [2.24, 2.45) is 0 Å². The van der Waals surface area contributed by atoms with Crippen LogP contribution in [-0.2, 0) is 0 Å². The number of nitriles is 1. The molecular weight excluding hydrogens is 822 g/mol. The van der Waals surface area contributed by atoms with Crippen molar-refractivity contribution in [3.8, 4) is 23.1 Å². The van der Waals surface area contributed by atoms with Crippen LogP contribution in [0, 0.1) is 17.1 Å². The van der Waals surface area contributed by atoms with Crippen molar-refractivity contribution in [2.75, 3.05) is 0 Å². The van der Waals surface area contributed by atoms with Crippen molar-refractivity contribution in [3.05, 3.63) is 218 Å². The third-order valence-electron chi connectivity index (χ3n) is 14.3. The Bertz CT molecular complexity index is 4700. The normalized spacial score (nSPS) is 12.2. The molecule has 0 aliphatic heterocycles. The van der Waals surface area contributed by atoms with Crippen LogP contribution in [0.3, 0.4) is 0 Å². The molecule has 0 fully saturated rings. The Kier molecular flexibility index (Phi) is 7.13. The van der Waals surface area contributed by atoms with Crippen LogP contribution in [0.5, 0.6) is 0 Å². The fraction of sp³-hybridized carbons (Fsp3) is 0. The number of halogens is 1. The molecule has 0 N–H and O–H groups in total. The third kappa shape index (κ3) is 4.74. The zero-order valence-corrected chi connectivity index (χ0v) is 35.7. The average molecular weight is 856 g/mol. The largest absolute Gasteiger partial charge is 0.309 e. The van der Waals surface area contributed by atoms with Crippen molar-refractivity contribution < 1.29 is 4.39 Å². The second-order valence-corrected chi connectivity index (χ2v) is 17.7. The summed E-state index contributed by atoms with van der Waals surface area (Å²) in [4.78, 5) is 0. The number of benzene rings is 10. The van der Waals surface area contributed by atoms with Crippen LogP contribution in [0.1, 0.15) is 5.56 Å². The highest BCUT2D eigenvalue weighted by atomic mass is 19.1. The minimum absolute atomic E-state index is 0.328. The molecule has 0 radical (unpaired) electrons. The number of hydrogen-bond donors (Lipinski definition) is 0. The number of para-hydroxylation sites is 5. The first-order chi connectivity index (χ1) is 33.1. The summed E-state index contributed by atoms with van der Waals surface area (Å²) in [5.74, 6) is -0.328.